The SMILES string of the molecule is FC(F)(F)c1nc(-c2ccccc2-n2c3ccccc3c3ccccc32)nc(C(F)(F)F)n1. The molecule has 0 spiro atoms. The van der Waals surface area contributed by atoms with E-state index in [0.717, 1.165) is 21.8 Å². The van der Waals surface area contributed by atoms with Crippen LogP contribution in [0.25, 0.3) is 38.9 Å². The van der Waals surface area contributed by atoms with E-state index in [2.05, 4.69) is 15.0 Å². The van der Waals surface area contributed by atoms with Crippen LogP contribution in [0.2, 0.25) is 0 Å². The second-order valence-corrected chi connectivity index (χ2v) is 7.19. The lowest BCUT2D eigenvalue weighted by atomic mass is 10.1. The van der Waals surface area contributed by atoms with Gasteiger partial charge in [-0.2, -0.15) is 26.3 Å². The lowest BCUT2D eigenvalue weighted by Gasteiger charge is -2.15. The fraction of sp³-hybridized carbons (Fsp3) is 0.0870. The lowest BCUT2D eigenvalue weighted by Crippen LogP contribution is -2.20. The highest BCUT2D eigenvalue weighted by molar-refractivity contribution is 6.09. The predicted molar refractivity (Wildman–Crippen MR) is 110 cm³/mol. The molecule has 0 bridgehead atoms. The number of nitrogens with zero attached hydrogens (tertiary/aromatic N) is 4. The Morgan fingerprint density at radius 2 is 1.00 bits per heavy atom. The van der Waals surface area contributed by atoms with Gasteiger partial charge in [0, 0.05) is 16.3 Å². The zero-order chi connectivity index (χ0) is 23.4. The van der Waals surface area contributed by atoms with Gasteiger partial charge in [-0.25, -0.2) is 15.0 Å². The van der Waals surface area contributed by atoms with E-state index in [4.69, 9.17) is 0 Å². The van der Waals surface area contributed by atoms with Gasteiger partial charge < -0.3 is 4.57 Å². The molecule has 0 N–H and O–H groups in total. The van der Waals surface area contributed by atoms with Crippen molar-refractivity contribution < 1.29 is 26.3 Å². The van der Waals surface area contributed by atoms with Crippen LogP contribution < -0.4 is 0 Å². The van der Waals surface area contributed by atoms with Crippen molar-refractivity contribution in [3.8, 4) is 17.1 Å². The first-order valence-electron chi connectivity index (χ1n) is 9.63. The van der Waals surface area contributed by atoms with Crippen LogP contribution in [0.3, 0.4) is 0 Å². The van der Waals surface area contributed by atoms with Crippen LogP contribution in [0.4, 0.5) is 26.3 Å². The number of para-hydroxylation sites is 3. The molecule has 2 heterocycles. The molecule has 5 rings (SSSR count). The Morgan fingerprint density at radius 1 is 0.545 bits per heavy atom. The van der Waals surface area contributed by atoms with Gasteiger partial charge in [-0.05, 0) is 24.3 Å². The second-order valence-electron chi connectivity index (χ2n) is 7.19. The molecule has 4 nitrogen and oxygen atoms in total. The third-order valence-corrected chi connectivity index (χ3v) is 5.11. The summed E-state index contributed by atoms with van der Waals surface area (Å²) in [6, 6.07) is 20.8. The highest BCUT2D eigenvalue weighted by atomic mass is 19.4. The average molecular weight is 458 g/mol. The molecule has 0 atom stereocenters. The van der Waals surface area contributed by atoms with Gasteiger partial charge in [-0.15, -0.1) is 0 Å². The van der Waals surface area contributed by atoms with Crippen molar-refractivity contribution in [3.05, 3.63) is 84.4 Å². The molecule has 10 heteroatoms. The Hall–Kier alpha value is -3.95. The van der Waals surface area contributed by atoms with E-state index in [1.807, 2.05) is 36.4 Å². The summed E-state index contributed by atoms with van der Waals surface area (Å²) in [4.78, 5) is 9.33. The van der Waals surface area contributed by atoms with Crippen LogP contribution in [-0.2, 0) is 12.4 Å². The van der Waals surface area contributed by atoms with E-state index < -0.39 is 29.8 Å². The summed E-state index contributed by atoms with van der Waals surface area (Å²) in [5, 5.41) is 1.76. The Labute approximate surface area is 182 Å². The van der Waals surface area contributed by atoms with Crippen molar-refractivity contribution in [1.29, 1.82) is 0 Å². The van der Waals surface area contributed by atoms with E-state index in [0.29, 0.717) is 5.69 Å². The molecule has 0 unspecified atom stereocenters. The molecule has 166 valence electrons. The van der Waals surface area contributed by atoms with Crippen molar-refractivity contribution in [3.63, 3.8) is 0 Å². The molecular weight excluding hydrogens is 446 g/mol. The van der Waals surface area contributed by atoms with Gasteiger partial charge in [0.15, 0.2) is 5.82 Å². The van der Waals surface area contributed by atoms with E-state index in [1.165, 1.54) is 12.1 Å². The topological polar surface area (TPSA) is 43.6 Å². The van der Waals surface area contributed by atoms with Crippen LogP contribution in [0.1, 0.15) is 11.6 Å². The number of aromatic nitrogens is 4. The molecule has 0 aliphatic carbocycles. The number of halogens is 6. The quantitative estimate of drug-likeness (QED) is 0.278. The minimum Gasteiger partial charge on any atom is -0.309 e. The monoisotopic (exact) mass is 458 g/mol. The summed E-state index contributed by atoms with van der Waals surface area (Å²) < 4.78 is 81.7. The number of fused-ring (bicyclic) bond motifs is 3. The van der Waals surface area contributed by atoms with E-state index in [9.17, 15) is 26.3 Å². The maximum Gasteiger partial charge on any atom is 0.451 e. The number of hydrogen-bond donors (Lipinski definition) is 0. The molecule has 0 aliphatic rings. The van der Waals surface area contributed by atoms with Crippen LogP contribution in [0, 0.1) is 0 Å². The van der Waals surface area contributed by atoms with Crippen molar-refractivity contribution in [1.82, 2.24) is 19.5 Å². The Balaban J connectivity index is 1.84. The first-order chi connectivity index (χ1) is 15.6. The average Bonchev–Trinajstić information content (AvgIpc) is 3.12. The minimum absolute atomic E-state index is 0.00223. The summed E-state index contributed by atoms with van der Waals surface area (Å²) in [5.41, 5.74) is 1.80. The molecule has 0 radical (unpaired) electrons. The third kappa shape index (κ3) is 3.57. The summed E-state index contributed by atoms with van der Waals surface area (Å²) in [7, 11) is 0. The van der Waals surface area contributed by atoms with Crippen LogP contribution >= 0.6 is 0 Å². The maximum atomic E-state index is 13.3. The van der Waals surface area contributed by atoms with Crippen LogP contribution in [0.5, 0.6) is 0 Å². The summed E-state index contributed by atoms with van der Waals surface area (Å²) in [5.74, 6) is -4.53. The predicted octanol–water partition coefficient (Wildman–Crippen LogP) is 6.67. The van der Waals surface area contributed by atoms with Gasteiger partial charge in [-0.3, -0.25) is 0 Å². The Bertz CT molecular complexity index is 1420. The Morgan fingerprint density at radius 3 is 1.52 bits per heavy atom. The van der Waals surface area contributed by atoms with Gasteiger partial charge in [0.25, 0.3) is 0 Å². The Kier molecular flexibility index (Phi) is 4.62. The molecule has 0 saturated heterocycles. The molecule has 33 heavy (non-hydrogen) atoms. The molecule has 2 aromatic heterocycles. The van der Waals surface area contributed by atoms with Gasteiger partial charge >= 0.3 is 12.4 Å². The van der Waals surface area contributed by atoms with Crippen molar-refractivity contribution in [2.75, 3.05) is 0 Å². The summed E-state index contributed by atoms with van der Waals surface area (Å²) in [6.07, 6.45) is -10.4. The second kappa shape index (κ2) is 7.29. The van der Waals surface area contributed by atoms with E-state index in [-0.39, 0.29) is 5.56 Å². The molecular formula is C23H12F6N4. The normalized spacial score (nSPS) is 12.5. The number of rotatable bonds is 2. The molecule has 5 aromatic rings. The fourth-order valence-electron chi connectivity index (χ4n) is 3.79. The highest BCUT2D eigenvalue weighted by Gasteiger charge is 2.41. The van der Waals surface area contributed by atoms with Gasteiger partial charge in [-0.1, -0.05) is 48.5 Å². The first-order valence-corrected chi connectivity index (χ1v) is 9.63. The molecule has 0 saturated carbocycles. The van der Waals surface area contributed by atoms with Crippen molar-refractivity contribution in [2.24, 2.45) is 0 Å². The fourth-order valence-corrected chi connectivity index (χ4v) is 3.79. The third-order valence-electron chi connectivity index (χ3n) is 5.11. The highest BCUT2D eigenvalue weighted by Crippen LogP contribution is 2.37. The minimum atomic E-state index is -5.18. The van der Waals surface area contributed by atoms with Gasteiger partial charge in [0.05, 0.1) is 16.7 Å². The number of hydrogen-bond acceptors (Lipinski definition) is 3. The number of benzene rings is 3. The standard InChI is InChI=1S/C23H12F6N4/c24-22(25,26)20-30-19(31-21(32-20)23(27,28)29)15-9-3-6-12-18(15)33-16-10-4-1-7-13(16)14-8-2-5-11-17(14)33/h1-12H. The number of alkyl halides is 6. The maximum absolute atomic E-state index is 13.3. The van der Waals surface area contributed by atoms with Crippen LogP contribution in [-0.4, -0.2) is 19.5 Å². The zero-order valence-electron chi connectivity index (χ0n) is 16.5. The molecule has 0 amide bonds. The molecule has 0 aliphatic heterocycles. The lowest BCUT2D eigenvalue weighted by molar-refractivity contribution is -0.155. The largest absolute Gasteiger partial charge is 0.451 e. The van der Waals surface area contributed by atoms with Crippen molar-refractivity contribution >= 4 is 21.8 Å². The summed E-state index contributed by atoms with van der Waals surface area (Å²) >= 11 is 0. The van der Waals surface area contributed by atoms with E-state index >= 15 is 0 Å². The van der Waals surface area contributed by atoms with E-state index in [1.54, 1.807) is 28.8 Å². The summed E-state index contributed by atoms with van der Waals surface area (Å²) in [6.45, 7) is 0. The zero-order valence-corrected chi connectivity index (χ0v) is 16.5. The van der Waals surface area contributed by atoms with Crippen LogP contribution in [0.15, 0.2) is 72.8 Å². The molecule has 3 aromatic carbocycles. The van der Waals surface area contributed by atoms with Gasteiger partial charge in [0.1, 0.15) is 0 Å². The molecule has 0 fully saturated rings. The first kappa shape index (κ1) is 20.9. The smallest absolute Gasteiger partial charge is 0.309 e. The van der Waals surface area contributed by atoms with Crippen molar-refractivity contribution in [2.45, 2.75) is 12.4 Å². The van der Waals surface area contributed by atoms with Gasteiger partial charge in [0.2, 0.25) is 11.6 Å².